The van der Waals surface area contributed by atoms with Crippen LogP contribution in [0, 0.1) is 0 Å². The number of aromatic nitrogens is 4. The number of hydrogen-bond acceptors (Lipinski definition) is 4. The minimum absolute atomic E-state index is 0.0358. The number of carbonyl (C=O) groups excluding carboxylic acids is 1. The van der Waals surface area contributed by atoms with E-state index in [1.165, 1.54) is 12.1 Å². The number of allylic oxidation sites excluding steroid dienone is 3. The van der Waals surface area contributed by atoms with Crippen molar-refractivity contribution in [2.24, 2.45) is 17.8 Å². The van der Waals surface area contributed by atoms with Crippen LogP contribution in [-0.4, -0.2) is 31.1 Å². The molecule has 0 atom stereocenters. The summed E-state index contributed by atoms with van der Waals surface area (Å²) in [4.78, 5) is 33.0. The van der Waals surface area contributed by atoms with Crippen molar-refractivity contribution in [3.63, 3.8) is 0 Å². The Balaban J connectivity index is 2.06. The Bertz CT molecular complexity index is 1550. The highest BCUT2D eigenvalue weighted by molar-refractivity contribution is 6.09. The van der Waals surface area contributed by atoms with Gasteiger partial charge in [0.2, 0.25) is 0 Å². The van der Waals surface area contributed by atoms with Crippen molar-refractivity contribution >= 4 is 39.2 Å². The number of amidine groups is 1. The van der Waals surface area contributed by atoms with Gasteiger partial charge in [0, 0.05) is 47.9 Å². The highest BCUT2D eigenvalue weighted by atomic mass is 16.1. The summed E-state index contributed by atoms with van der Waals surface area (Å²) in [7, 11) is 1.86. The van der Waals surface area contributed by atoms with Crippen LogP contribution in [0.5, 0.6) is 0 Å². The van der Waals surface area contributed by atoms with E-state index in [9.17, 15) is 9.59 Å². The number of nitrogens with two attached hydrogens (primary N) is 1. The molecule has 3 aromatic heterocycles. The highest BCUT2D eigenvalue weighted by Gasteiger charge is 2.13. The van der Waals surface area contributed by atoms with E-state index in [0.717, 1.165) is 33.5 Å². The lowest BCUT2D eigenvalue weighted by molar-refractivity contribution is -0.113. The van der Waals surface area contributed by atoms with Gasteiger partial charge in [-0.15, -0.1) is 0 Å². The summed E-state index contributed by atoms with van der Waals surface area (Å²) in [5.74, 6) is -0.601. The number of aryl methyl sites for hydroxylation is 1. The topological polar surface area (TPSA) is 108 Å². The van der Waals surface area contributed by atoms with Gasteiger partial charge in [-0.05, 0) is 42.8 Å². The molecule has 0 aliphatic rings. The number of amides is 1. The van der Waals surface area contributed by atoms with Crippen LogP contribution in [0.4, 0.5) is 0 Å². The Hall–Kier alpha value is -4.59. The first-order chi connectivity index (χ1) is 15.9. The van der Waals surface area contributed by atoms with E-state index in [1.54, 1.807) is 39.9 Å². The van der Waals surface area contributed by atoms with Gasteiger partial charge in [-0.2, -0.15) is 10.1 Å². The molecule has 0 aliphatic heterocycles. The van der Waals surface area contributed by atoms with Gasteiger partial charge < -0.3 is 5.73 Å². The zero-order chi connectivity index (χ0) is 23.5. The van der Waals surface area contributed by atoms with E-state index in [1.807, 2.05) is 38.4 Å². The van der Waals surface area contributed by atoms with Crippen LogP contribution < -0.4 is 11.3 Å². The number of nitrogens with zero attached hydrogens (tertiary/aromatic N) is 5. The normalized spacial score (nSPS) is 12.7. The third-order valence-electron chi connectivity index (χ3n) is 5.06. The molecule has 0 fully saturated rings. The second kappa shape index (κ2) is 8.88. The maximum Gasteiger partial charge on any atom is 0.271 e. The van der Waals surface area contributed by atoms with Gasteiger partial charge in [-0.25, -0.2) is 0 Å². The molecule has 0 aliphatic carbocycles. The standard InChI is InChI=1S/C25H22N6O2/c1-4-6-19(12-22(26)29-23(32)5-2)31-24(33)10-8-17-13-27-21-9-7-16(11-20(21)25(17)31)18-14-28-30(3)15-18/h4-15H,2H2,1,3H3,(H2,26,29,32)/b6-4-,19-12+. The Morgan fingerprint density at radius 3 is 2.70 bits per heavy atom. The quantitative estimate of drug-likeness (QED) is 0.169. The highest BCUT2D eigenvalue weighted by Crippen LogP contribution is 2.29. The van der Waals surface area contributed by atoms with E-state index in [-0.39, 0.29) is 11.4 Å². The van der Waals surface area contributed by atoms with Crippen LogP contribution in [0.3, 0.4) is 0 Å². The summed E-state index contributed by atoms with van der Waals surface area (Å²) in [6.07, 6.45) is 11.5. The van der Waals surface area contributed by atoms with Gasteiger partial charge in [-0.1, -0.05) is 18.7 Å². The smallest absolute Gasteiger partial charge is 0.271 e. The van der Waals surface area contributed by atoms with Crippen molar-refractivity contribution in [1.29, 1.82) is 0 Å². The molecular formula is C25H22N6O2. The van der Waals surface area contributed by atoms with E-state index >= 15 is 0 Å². The van der Waals surface area contributed by atoms with Gasteiger partial charge in [-0.3, -0.25) is 23.8 Å². The third-order valence-corrected chi connectivity index (χ3v) is 5.06. The van der Waals surface area contributed by atoms with Crippen molar-refractivity contribution in [3.05, 3.63) is 90.2 Å². The Labute approximate surface area is 189 Å². The summed E-state index contributed by atoms with van der Waals surface area (Å²) in [6, 6.07) is 9.08. The fraction of sp³-hybridized carbons (Fsp3) is 0.0800. The lowest BCUT2D eigenvalue weighted by Gasteiger charge is -2.14. The number of aliphatic imine (C=N–C) groups is 1. The van der Waals surface area contributed by atoms with E-state index in [2.05, 4.69) is 21.7 Å². The van der Waals surface area contributed by atoms with Crippen LogP contribution in [0.25, 0.3) is 38.6 Å². The minimum Gasteiger partial charge on any atom is -0.384 e. The third kappa shape index (κ3) is 4.27. The molecule has 0 saturated heterocycles. The summed E-state index contributed by atoms with van der Waals surface area (Å²) < 4.78 is 3.28. The monoisotopic (exact) mass is 438 g/mol. The fourth-order valence-electron chi connectivity index (χ4n) is 3.63. The van der Waals surface area contributed by atoms with Crippen molar-refractivity contribution in [2.45, 2.75) is 6.92 Å². The molecule has 0 bridgehead atoms. The van der Waals surface area contributed by atoms with Gasteiger partial charge >= 0.3 is 0 Å². The molecule has 4 aromatic rings. The van der Waals surface area contributed by atoms with Crippen molar-refractivity contribution in [1.82, 2.24) is 19.3 Å². The summed E-state index contributed by atoms with van der Waals surface area (Å²) in [5.41, 5.74) is 9.47. The molecule has 0 unspecified atom stereocenters. The molecule has 8 nitrogen and oxygen atoms in total. The number of hydrogen-bond donors (Lipinski definition) is 1. The number of rotatable bonds is 5. The Morgan fingerprint density at radius 2 is 2.00 bits per heavy atom. The molecule has 1 aromatic carbocycles. The fourth-order valence-corrected chi connectivity index (χ4v) is 3.63. The van der Waals surface area contributed by atoms with E-state index in [4.69, 9.17) is 5.73 Å². The number of fused-ring (bicyclic) bond motifs is 3. The van der Waals surface area contributed by atoms with Crippen LogP contribution in [0.15, 0.2) is 89.6 Å². The summed E-state index contributed by atoms with van der Waals surface area (Å²) >= 11 is 0. The number of benzene rings is 1. The average Bonchev–Trinajstić information content (AvgIpc) is 3.24. The van der Waals surface area contributed by atoms with Crippen LogP contribution in [0.2, 0.25) is 0 Å². The molecule has 4 rings (SSSR count). The van der Waals surface area contributed by atoms with Gasteiger partial charge in [0.15, 0.2) is 0 Å². The zero-order valence-electron chi connectivity index (χ0n) is 18.3. The Morgan fingerprint density at radius 1 is 1.18 bits per heavy atom. The number of pyridine rings is 2. The first-order valence-corrected chi connectivity index (χ1v) is 10.2. The maximum absolute atomic E-state index is 13.1. The maximum atomic E-state index is 13.1. The van der Waals surface area contributed by atoms with Crippen molar-refractivity contribution < 1.29 is 4.79 Å². The molecule has 164 valence electrons. The van der Waals surface area contributed by atoms with Crippen LogP contribution in [-0.2, 0) is 11.8 Å². The number of carbonyl (C=O) groups is 1. The predicted octanol–water partition coefficient (Wildman–Crippen LogP) is 3.44. The molecule has 2 N–H and O–H groups in total. The first-order valence-electron chi connectivity index (χ1n) is 10.2. The lowest BCUT2D eigenvalue weighted by atomic mass is 10.0. The van der Waals surface area contributed by atoms with Crippen LogP contribution in [0.1, 0.15) is 6.92 Å². The van der Waals surface area contributed by atoms with Gasteiger partial charge in [0.05, 0.1) is 22.9 Å². The van der Waals surface area contributed by atoms with Crippen LogP contribution >= 0.6 is 0 Å². The molecule has 0 saturated carbocycles. The molecular weight excluding hydrogens is 416 g/mol. The second-order valence-electron chi connectivity index (χ2n) is 7.35. The average molecular weight is 438 g/mol. The largest absolute Gasteiger partial charge is 0.384 e. The molecule has 8 heteroatoms. The molecule has 1 amide bonds. The van der Waals surface area contributed by atoms with Gasteiger partial charge in [0.25, 0.3) is 11.5 Å². The zero-order valence-corrected chi connectivity index (χ0v) is 18.3. The predicted molar refractivity (Wildman–Crippen MR) is 132 cm³/mol. The first kappa shape index (κ1) is 21.6. The minimum atomic E-state index is -0.565. The molecule has 33 heavy (non-hydrogen) atoms. The molecule has 0 spiro atoms. The van der Waals surface area contributed by atoms with E-state index in [0.29, 0.717) is 11.2 Å². The summed E-state index contributed by atoms with van der Waals surface area (Å²) in [6.45, 7) is 5.22. The summed E-state index contributed by atoms with van der Waals surface area (Å²) in [5, 5.41) is 5.82. The van der Waals surface area contributed by atoms with Gasteiger partial charge in [0.1, 0.15) is 5.84 Å². The molecule has 0 radical (unpaired) electrons. The Kier molecular flexibility index (Phi) is 5.82. The second-order valence-corrected chi connectivity index (χ2v) is 7.35. The van der Waals surface area contributed by atoms with E-state index < -0.39 is 5.91 Å². The SMILES string of the molecule is C=CC(=O)N=C(N)/C=C(\C=C/C)n1c(=O)ccc2cnc3ccc(-c4cnn(C)c4)cc3c21. The van der Waals surface area contributed by atoms with Crippen molar-refractivity contribution in [3.8, 4) is 11.1 Å². The molecule has 3 heterocycles. The van der Waals surface area contributed by atoms with Crippen molar-refractivity contribution in [2.75, 3.05) is 0 Å². The lowest BCUT2D eigenvalue weighted by Crippen LogP contribution is -2.20.